The molecule has 0 saturated heterocycles. The average Bonchev–Trinajstić information content (AvgIpc) is 2.93. The van der Waals surface area contributed by atoms with E-state index in [9.17, 15) is 8.42 Å². The van der Waals surface area contributed by atoms with Gasteiger partial charge in [0.15, 0.2) is 0 Å². The molecule has 37 heavy (non-hydrogen) atoms. The normalized spacial score (nSPS) is 17.9. The van der Waals surface area contributed by atoms with Crippen molar-refractivity contribution in [2.45, 2.75) is 30.6 Å². The van der Waals surface area contributed by atoms with E-state index in [1.807, 2.05) is 24.3 Å². The molecule has 1 aliphatic rings. The van der Waals surface area contributed by atoms with Gasteiger partial charge in [0.25, 0.3) is 0 Å². The molecule has 2 aromatic carbocycles. The molecule has 0 spiro atoms. The summed E-state index contributed by atoms with van der Waals surface area (Å²) < 4.78 is 39.1. The van der Waals surface area contributed by atoms with Crippen molar-refractivity contribution in [1.82, 2.24) is 14.7 Å². The molecule has 1 heterocycles. The highest BCUT2D eigenvalue weighted by Crippen LogP contribution is 2.31. The second-order valence-electron chi connectivity index (χ2n) is 9.26. The van der Waals surface area contributed by atoms with Crippen LogP contribution in [0.1, 0.15) is 25.7 Å². The first-order chi connectivity index (χ1) is 17.9. The van der Waals surface area contributed by atoms with E-state index in [0.29, 0.717) is 43.0 Å². The summed E-state index contributed by atoms with van der Waals surface area (Å²) in [5, 5.41) is 7.66. The Morgan fingerprint density at radius 1 is 0.946 bits per heavy atom. The summed E-state index contributed by atoms with van der Waals surface area (Å²) in [5.41, 5.74) is 6.53. The number of anilines is 2. The van der Waals surface area contributed by atoms with Crippen molar-refractivity contribution in [2.24, 2.45) is 17.6 Å². The van der Waals surface area contributed by atoms with Gasteiger partial charge < -0.3 is 25.8 Å². The molecule has 200 valence electrons. The Hall–Kier alpha value is -3.15. The molecule has 4 rings (SSSR count). The third-order valence-corrected chi connectivity index (χ3v) is 8.22. The Morgan fingerprint density at radius 3 is 2.38 bits per heavy atom. The minimum absolute atomic E-state index is 0.0861. The molecule has 1 aliphatic carbocycles. The van der Waals surface area contributed by atoms with Crippen LogP contribution in [0.25, 0.3) is 10.9 Å². The van der Waals surface area contributed by atoms with E-state index < -0.39 is 10.0 Å². The number of fused-ring (bicyclic) bond motifs is 1. The number of nitrogens with zero attached hydrogens (tertiary/aromatic N) is 2. The lowest BCUT2D eigenvalue weighted by atomic mass is 9.82. The highest BCUT2D eigenvalue weighted by molar-refractivity contribution is 7.89. The smallest absolute Gasteiger partial charge is 0.244 e. The van der Waals surface area contributed by atoms with Gasteiger partial charge in [0.2, 0.25) is 16.0 Å². The molecule has 0 amide bonds. The highest BCUT2D eigenvalue weighted by Gasteiger charge is 2.25. The first-order valence-electron chi connectivity index (χ1n) is 12.6. The summed E-state index contributed by atoms with van der Waals surface area (Å²) in [6.07, 6.45) is 3.92. The van der Waals surface area contributed by atoms with Crippen molar-refractivity contribution in [3.63, 3.8) is 0 Å². The number of methoxy groups -OCH3 is 2. The van der Waals surface area contributed by atoms with Crippen LogP contribution in [0.15, 0.2) is 47.4 Å². The topological polar surface area (TPSA) is 140 Å². The summed E-state index contributed by atoms with van der Waals surface area (Å²) in [6, 6.07) is 12.7. The van der Waals surface area contributed by atoms with Crippen LogP contribution in [0.5, 0.6) is 11.5 Å². The summed E-state index contributed by atoms with van der Waals surface area (Å²) in [6.45, 7) is 2.33. The minimum atomic E-state index is -3.72. The van der Waals surface area contributed by atoms with Crippen molar-refractivity contribution >= 4 is 32.7 Å². The molecule has 1 fully saturated rings. The standard InChI is InChI=1S/C26H36N6O4S/c1-35-20-11-12-23(36-2)24(15-20)37(33,34)30-17-19-9-7-18(8-10-19)16-29-26-31-22-6-4-3-5-21(22)25(32-26)28-14-13-27/h3-6,11-12,15,18-19,30H,7-10,13-14,16-17,27H2,1-2H3,(H2,28,29,31,32). The Balaban J connectivity index is 1.30. The Bertz CT molecular complexity index is 1300. The van der Waals surface area contributed by atoms with E-state index in [1.165, 1.54) is 20.3 Å². The van der Waals surface area contributed by atoms with Crippen molar-refractivity contribution in [2.75, 3.05) is 51.0 Å². The first-order valence-corrected chi connectivity index (χ1v) is 14.1. The van der Waals surface area contributed by atoms with Gasteiger partial charge in [-0.15, -0.1) is 0 Å². The van der Waals surface area contributed by atoms with Crippen molar-refractivity contribution < 1.29 is 17.9 Å². The summed E-state index contributed by atoms with van der Waals surface area (Å²) in [4.78, 5) is 9.42. The maximum atomic E-state index is 13.0. The van der Waals surface area contributed by atoms with Gasteiger partial charge in [-0.1, -0.05) is 12.1 Å². The zero-order chi connectivity index (χ0) is 26.3. The van der Waals surface area contributed by atoms with Gasteiger partial charge in [-0.05, 0) is 61.8 Å². The van der Waals surface area contributed by atoms with E-state index in [4.69, 9.17) is 15.2 Å². The van der Waals surface area contributed by atoms with E-state index in [-0.39, 0.29) is 10.8 Å². The molecule has 0 unspecified atom stereocenters. The molecule has 0 bridgehead atoms. The first kappa shape index (κ1) is 26.9. The SMILES string of the molecule is COc1ccc(OC)c(S(=O)(=O)NCC2CCC(CNc3nc(NCCN)c4ccccc4n3)CC2)c1. The van der Waals surface area contributed by atoms with Gasteiger partial charge in [0.1, 0.15) is 22.2 Å². The fourth-order valence-electron chi connectivity index (χ4n) is 4.66. The van der Waals surface area contributed by atoms with Crippen LogP contribution in [-0.2, 0) is 10.0 Å². The average molecular weight is 529 g/mol. The molecule has 1 aromatic heterocycles. The van der Waals surface area contributed by atoms with Crippen LogP contribution in [0, 0.1) is 11.8 Å². The van der Waals surface area contributed by atoms with Crippen molar-refractivity contribution in [3.8, 4) is 11.5 Å². The third kappa shape index (κ3) is 6.79. The lowest BCUT2D eigenvalue weighted by molar-refractivity contribution is 0.284. The van der Waals surface area contributed by atoms with Crippen LogP contribution in [0.2, 0.25) is 0 Å². The van der Waals surface area contributed by atoms with Crippen LogP contribution in [0.3, 0.4) is 0 Å². The molecule has 10 nitrogen and oxygen atoms in total. The molecular formula is C26H36N6O4S. The monoisotopic (exact) mass is 528 g/mol. The van der Waals surface area contributed by atoms with Gasteiger partial charge in [-0.3, -0.25) is 0 Å². The van der Waals surface area contributed by atoms with Gasteiger partial charge >= 0.3 is 0 Å². The van der Waals surface area contributed by atoms with Gasteiger partial charge in [0.05, 0.1) is 19.7 Å². The predicted molar refractivity (Wildman–Crippen MR) is 146 cm³/mol. The van der Waals surface area contributed by atoms with Crippen LogP contribution < -0.4 is 30.6 Å². The Morgan fingerprint density at radius 2 is 1.68 bits per heavy atom. The van der Waals surface area contributed by atoms with Gasteiger partial charge in [-0.25, -0.2) is 18.1 Å². The maximum absolute atomic E-state index is 13.0. The van der Waals surface area contributed by atoms with E-state index in [1.54, 1.807) is 12.1 Å². The Kier molecular flexibility index (Phi) is 9.01. The maximum Gasteiger partial charge on any atom is 0.244 e. The number of nitrogens with one attached hydrogen (secondary N) is 3. The molecule has 0 radical (unpaired) electrons. The number of ether oxygens (including phenoxy) is 2. The molecule has 5 N–H and O–H groups in total. The second kappa shape index (κ2) is 12.4. The number of rotatable bonds is 12. The van der Waals surface area contributed by atoms with E-state index in [2.05, 4.69) is 25.3 Å². The second-order valence-corrected chi connectivity index (χ2v) is 11.0. The molecule has 0 atom stereocenters. The molecule has 0 aliphatic heterocycles. The molecular weight excluding hydrogens is 492 g/mol. The summed E-state index contributed by atoms with van der Waals surface area (Å²) >= 11 is 0. The summed E-state index contributed by atoms with van der Waals surface area (Å²) in [7, 11) is -0.764. The van der Waals surface area contributed by atoms with Gasteiger partial charge in [-0.2, -0.15) is 4.98 Å². The number of aromatic nitrogens is 2. The molecule has 11 heteroatoms. The van der Waals surface area contributed by atoms with Crippen molar-refractivity contribution in [3.05, 3.63) is 42.5 Å². The predicted octanol–water partition coefficient (Wildman–Crippen LogP) is 3.21. The fourth-order valence-corrected chi connectivity index (χ4v) is 5.95. The van der Waals surface area contributed by atoms with Crippen LogP contribution in [0.4, 0.5) is 11.8 Å². The number of benzene rings is 2. The van der Waals surface area contributed by atoms with Crippen LogP contribution >= 0.6 is 0 Å². The lowest BCUT2D eigenvalue weighted by Gasteiger charge is -2.28. The third-order valence-electron chi connectivity index (χ3n) is 6.78. The zero-order valence-corrected chi connectivity index (χ0v) is 22.2. The number of nitrogens with two attached hydrogens (primary N) is 1. The fraction of sp³-hybridized carbons (Fsp3) is 0.462. The van der Waals surface area contributed by atoms with E-state index >= 15 is 0 Å². The van der Waals surface area contributed by atoms with E-state index in [0.717, 1.165) is 48.9 Å². The van der Waals surface area contributed by atoms with Gasteiger partial charge in [0, 0.05) is 37.6 Å². The number of sulfonamides is 1. The minimum Gasteiger partial charge on any atom is -0.497 e. The zero-order valence-electron chi connectivity index (χ0n) is 21.4. The molecule has 1 saturated carbocycles. The number of para-hydroxylation sites is 1. The quantitative estimate of drug-likeness (QED) is 0.279. The highest BCUT2D eigenvalue weighted by atomic mass is 32.2. The van der Waals surface area contributed by atoms with Crippen molar-refractivity contribution in [1.29, 1.82) is 0 Å². The lowest BCUT2D eigenvalue weighted by Crippen LogP contribution is -2.32. The van der Waals surface area contributed by atoms with Crippen LogP contribution in [-0.4, -0.2) is 58.8 Å². The summed E-state index contributed by atoms with van der Waals surface area (Å²) in [5.74, 6) is 2.89. The number of hydrogen-bond donors (Lipinski definition) is 4. The number of hydrogen-bond acceptors (Lipinski definition) is 9. The Labute approximate surface area is 218 Å². The molecule has 3 aromatic rings. The largest absolute Gasteiger partial charge is 0.497 e.